The molecule has 6 heteroatoms. The molecule has 1 amide bonds. The first-order chi connectivity index (χ1) is 15.2. The van der Waals surface area contributed by atoms with Gasteiger partial charge in [0, 0.05) is 29.1 Å². The molecule has 0 saturated heterocycles. The van der Waals surface area contributed by atoms with Gasteiger partial charge in [-0.15, -0.1) is 0 Å². The van der Waals surface area contributed by atoms with Crippen LogP contribution >= 0.6 is 0 Å². The fourth-order valence-electron chi connectivity index (χ4n) is 3.75. The standard InChI is InChI=1S/C26H35N3O3/c1-7-19-14-15-29(28-24(19)20-10-13-22(31-5)23(16-20)32-6)17-18-8-11-21(12-9-18)27-25(30)26(2,3)4/h8-13,16,19H,7,14-15,17H2,1-6H3,(H,27,30). The van der Waals surface area contributed by atoms with Crippen LogP contribution in [-0.4, -0.2) is 37.4 Å². The fourth-order valence-corrected chi connectivity index (χ4v) is 3.75. The number of hydrazone groups is 1. The van der Waals surface area contributed by atoms with Gasteiger partial charge in [-0.05, 0) is 48.7 Å². The van der Waals surface area contributed by atoms with Gasteiger partial charge in [0.1, 0.15) is 0 Å². The second-order valence-electron chi connectivity index (χ2n) is 9.24. The smallest absolute Gasteiger partial charge is 0.229 e. The number of carbonyl (C=O) groups excluding carboxylic acids is 1. The van der Waals surface area contributed by atoms with Crippen LogP contribution in [0.4, 0.5) is 5.69 Å². The van der Waals surface area contributed by atoms with E-state index in [0.717, 1.165) is 54.2 Å². The topological polar surface area (TPSA) is 63.2 Å². The van der Waals surface area contributed by atoms with E-state index in [0.29, 0.717) is 11.7 Å². The Kier molecular flexibility index (Phi) is 7.44. The van der Waals surface area contributed by atoms with Crippen molar-refractivity contribution in [3.63, 3.8) is 0 Å². The highest BCUT2D eigenvalue weighted by Gasteiger charge is 2.24. The molecule has 0 radical (unpaired) electrons. The van der Waals surface area contributed by atoms with E-state index in [1.54, 1.807) is 14.2 Å². The van der Waals surface area contributed by atoms with E-state index in [1.807, 2.05) is 45.0 Å². The largest absolute Gasteiger partial charge is 0.493 e. The summed E-state index contributed by atoms with van der Waals surface area (Å²) in [5.74, 6) is 1.86. The molecule has 1 aliphatic rings. The lowest BCUT2D eigenvalue weighted by atomic mass is 9.90. The van der Waals surface area contributed by atoms with Crippen LogP contribution in [0.5, 0.6) is 11.5 Å². The van der Waals surface area contributed by atoms with Gasteiger partial charge in [-0.3, -0.25) is 9.80 Å². The van der Waals surface area contributed by atoms with Crippen molar-refractivity contribution in [2.24, 2.45) is 16.4 Å². The SMILES string of the molecule is CCC1CCN(Cc2ccc(NC(=O)C(C)(C)C)cc2)N=C1c1ccc(OC)c(OC)c1. The summed E-state index contributed by atoms with van der Waals surface area (Å²) in [5, 5.41) is 10.1. The van der Waals surface area contributed by atoms with Crippen LogP contribution in [0.2, 0.25) is 0 Å². The van der Waals surface area contributed by atoms with E-state index < -0.39 is 5.41 Å². The molecule has 1 heterocycles. The van der Waals surface area contributed by atoms with Crippen LogP contribution in [0, 0.1) is 11.3 Å². The average molecular weight is 438 g/mol. The molecular formula is C26H35N3O3. The summed E-state index contributed by atoms with van der Waals surface area (Å²) in [6.45, 7) is 9.57. The van der Waals surface area contributed by atoms with Gasteiger partial charge in [-0.2, -0.15) is 5.10 Å². The second kappa shape index (κ2) is 10.1. The first kappa shape index (κ1) is 23.6. The van der Waals surface area contributed by atoms with E-state index in [4.69, 9.17) is 14.6 Å². The number of anilines is 1. The molecular weight excluding hydrogens is 402 g/mol. The summed E-state index contributed by atoms with van der Waals surface area (Å²) in [5.41, 5.74) is 3.71. The zero-order valence-corrected chi connectivity index (χ0v) is 20.1. The van der Waals surface area contributed by atoms with Gasteiger partial charge in [0.25, 0.3) is 0 Å². The Morgan fingerprint density at radius 1 is 1.09 bits per heavy atom. The van der Waals surface area contributed by atoms with Gasteiger partial charge in [0.05, 0.1) is 26.5 Å². The van der Waals surface area contributed by atoms with E-state index >= 15 is 0 Å². The lowest BCUT2D eigenvalue weighted by Crippen LogP contribution is -2.32. The first-order valence-electron chi connectivity index (χ1n) is 11.2. The molecule has 0 saturated carbocycles. The number of hydrogen-bond donors (Lipinski definition) is 1. The molecule has 3 rings (SSSR count). The summed E-state index contributed by atoms with van der Waals surface area (Å²) in [4.78, 5) is 12.2. The number of carbonyl (C=O) groups is 1. The van der Waals surface area contributed by atoms with Gasteiger partial charge in [-0.25, -0.2) is 0 Å². The molecule has 2 aromatic carbocycles. The minimum atomic E-state index is -0.419. The zero-order valence-electron chi connectivity index (χ0n) is 20.1. The third kappa shape index (κ3) is 5.61. The second-order valence-corrected chi connectivity index (χ2v) is 9.24. The van der Waals surface area contributed by atoms with Crippen molar-refractivity contribution in [3.8, 4) is 11.5 Å². The summed E-state index contributed by atoms with van der Waals surface area (Å²) in [6.07, 6.45) is 2.10. The minimum absolute atomic E-state index is 0.0102. The predicted octanol–water partition coefficient (Wildman–Crippen LogP) is 5.32. The number of rotatable bonds is 7. The quantitative estimate of drug-likeness (QED) is 0.636. The number of ether oxygens (including phenoxy) is 2. The highest BCUT2D eigenvalue weighted by molar-refractivity contribution is 6.03. The fraction of sp³-hybridized carbons (Fsp3) is 0.462. The van der Waals surface area contributed by atoms with Crippen molar-refractivity contribution in [2.45, 2.75) is 47.1 Å². The van der Waals surface area contributed by atoms with Crippen LogP contribution < -0.4 is 14.8 Å². The number of benzene rings is 2. The zero-order chi connectivity index (χ0) is 23.3. The summed E-state index contributed by atoms with van der Waals surface area (Å²) < 4.78 is 10.9. The van der Waals surface area contributed by atoms with Crippen LogP contribution in [0.15, 0.2) is 47.6 Å². The highest BCUT2D eigenvalue weighted by Crippen LogP contribution is 2.31. The van der Waals surface area contributed by atoms with Gasteiger partial charge in [-0.1, -0.05) is 39.8 Å². The molecule has 1 N–H and O–H groups in total. The number of hydrogen-bond acceptors (Lipinski definition) is 5. The van der Waals surface area contributed by atoms with Crippen molar-refractivity contribution in [1.29, 1.82) is 0 Å². The van der Waals surface area contributed by atoms with Crippen LogP contribution in [0.1, 0.15) is 51.7 Å². The average Bonchev–Trinajstić information content (AvgIpc) is 2.79. The maximum absolute atomic E-state index is 12.2. The predicted molar refractivity (Wildman–Crippen MR) is 129 cm³/mol. The maximum atomic E-state index is 12.2. The molecule has 0 fully saturated rings. The van der Waals surface area contributed by atoms with E-state index in [9.17, 15) is 4.79 Å². The van der Waals surface area contributed by atoms with E-state index in [1.165, 1.54) is 0 Å². The number of nitrogens with one attached hydrogen (secondary N) is 1. The van der Waals surface area contributed by atoms with Gasteiger partial charge in [0.15, 0.2) is 11.5 Å². The summed E-state index contributed by atoms with van der Waals surface area (Å²) in [7, 11) is 3.30. The molecule has 0 aliphatic carbocycles. The van der Waals surface area contributed by atoms with Crippen LogP contribution in [0.3, 0.4) is 0 Å². The van der Waals surface area contributed by atoms with Crippen molar-refractivity contribution >= 4 is 17.3 Å². The van der Waals surface area contributed by atoms with E-state index in [-0.39, 0.29) is 5.91 Å². The normalized spacial score (nSPS) is 16.4. The minimum Gasteiger partial charge on any atom is -0.493 e. The molecule has 1 atom stereocenters. The van der Waals surface area contributed by atoms with Gasteiger partial charge < -0.3 is 14.8 Å². The van der Waals surface area contributed by atoms with Gasteiger partial charge in [0.2, 0.25) is 5.91 Å². The third-order valence-corrected chi connectivity index (χ3v) is 5.80. The Bertz CT molecular complexity index is 961. The van der Waals surface area contributed by atoms with Crippen molar-refractivity contribution < 1.29 is 14.3 Å². The Balaban J connectivity index is 1.77. The maximum Gasteiger partial charge on any atom is 0.229 e. The lowest BCUT2D eigenvalue weighted by Gasteiger charge is -2.31. The molecule has 32 heavy (non-hydrogen) atoms. The summed E-state index contributed by atoms with van der Waals surface area (Å²) >= 11 is 0. The van der Waals surface area contributed by atoms with Crippen LogP contribution in [-0.2, 0) is 11.3 Å². The monoisotopic (exact) mass is 437 g/mol. The molecule has 0 spiro atoms. The molecule has 0 bridgehead atoms. The third-order valence-electron chi connectivity index (χ3n) is 5.80. The highest BCUT2D eigenvalue weighted by atomic mass is 16.5. The molecule has 6 nitrogen and oxygen atoms in total. The molecule has 0 aromatic heterocycles. The van der Waals surface area contributed by atoms with E-state index in [2.05, 4.69) is 35.4 Å². The Morgan fingerprint density at radius 2 is 1.78 bits per heavy atom. The molecule has 2 aromatic rings. The number of amides is 1. The lowest BCUT2D eigenvalue weighted by molar-refractivity contribution is -0.123. The number of methoxy groups -OCH3 is 2. The summed E-state index contributed by atoms with van der Waals surface area (Å²) in [6, 6.07) is 14.0. The Hall–Kier alpha value is -3.02. The molecule has 1 aliphatic heterocycles. The number of nitrogens with zero attached hydrogens (tertiary/aromatic N) is 2. The van der Waals surface area contributed by atoms with Crippen molar-refractivity contribution in [3.05, 3.63) is 53.6 Å². The first-order valence-corrected chi connectivity index (χ1v) is 11.2. The van der Waals surface area contributed by atoms with Crippen molar-refractivity contribution in [1.82, 2.24) is 5.01 Å². The van der Waals surface area contributed by atoms with Crippen LogP contribution in [0.25, 0.3) is 0 Å². The Morgan fingerprint density at radius 3 is 2.38 bits per heavy atom. The van der Waals surface area contributed by atoms with Gasteiger partial charge >= 0.3 is 0 Å². The van der Waals surface area contributed by atoms with Crippen molar-refractivity contribution in [2.75, 3.05) is 26.1 Å². The molecule has 1 unspecified atom stereocenters. The molecule has 172 valence electrons. The Labute approximate surface area is 191 Å².